The van der Waals surface area contributed by atoms with Gasteiger partial charge >= 0.3 is 5.97 Å². The van der Waals surface area contributed by atoms with Gasteiger partial charge in [-0.15, -0.1) is 0 Å². The zero-order valence-corrected chi connectivity index (χ0v) is 14.4. The summed E-state index contributed by atoms with van der Waals surface area (Å²) in [5.74, 6) is -0.436. The Morgan fingerprint density at radius 1 is 1.27 bits per heavy atom. The number of hydrogen-bond donors (Lipinski definition) is 0. The van der Waals surface area contributed by atoms with E-state index in [9.17, 15) is 9.18 Å². The van der Waals surface area contributed by atoms with Crippen molar-refractivity contribution in [2.75, 3.05) is 0 Å². The van der Waals surface area contributed by atoms with E-state index in [2.05, 4.69) is 0 Å². The molecule has 2 aromatic carbocycles. The van der Waals surface area contributed by atoms with E-state index in [4.69, 9.17) is 14.2 Å². The third-order valence-electron chi connectivity index (χ3n) is 3.80. The minimum Gasteiger partial charge on any atom is -0.460 e. The highest BCUT2D eigenvalue weighted by Gasteiger charge is 2.25. The predicted molar refractivity (Wildman–Crippen MR) is 94.8 cm³/mol. The van der Waals surface area contributed by atoms with Crippen molar-refractivity contribution in [2.45, 2.75) is 26.4 Å². The number of ether oxygens (including phenoxy) is 3. The van der Waals surface area contributed by atoms with Crippen molar-refractivity contribution in [3.05, 3.63) is 89.3 Å². The van der Waals surface area contributed by atoms with Crippen LogP contribution < -0.4 is 4.74 Å². The third-order valence-corrected chi connectivity index (χ3v) is 3.80. The van der Waals surface area contributed by atoms with Crippen LogP contribution in [0.4, 0.5) is 4.39 Å². The first-order valence-electron chi connectivity index (χ1n) is 8.28. The summed E-state index contributed by atoms with van der Waals surface area (Å²) in [6, 6.07) is 12.2. The lowest BCUT2D eigenvalue weighted by Crippen LogP contribution is -2.19. The molecule has 3 rings (SSSR count). The van der Waals surface area contributed by atoms with Gasteiger partial charge in [0.25, 0.3) is 0 Å². The summed E-state index contributed by atoms with van der Waals surface area (Å²) in [6.45, 7) is 1.98. The van der Waals surface area contributed by atoms with Crippen LogP contribution in [0, 0.1) is 5.82 Å². The first-order valence-corrected chi connectivity index (χ1v) is 8.28. The molecule has 26 heavy (non-hydrogen) atoms. The maximum Gasteiger partial charge on any atom is 0.331 e. The molecule has 4 nitrogen and oxygen atoms in total. The van der Waals surface area contributed by atoms with Crippen molar-refractivity contribution < 1.29 is 23.4 Å². The lowest BCUT2D eigenvalue weighted by molar-refractivity contribution is -0.139. The standard InChI is InChI=1S/C21H19FO4/c1-2-3-5-10-19(23)24-13-16-11-18(22)12-17-14-25-21(26-20(16)17)15-8-6-4-7-9-15/h2-12,21H,13-14H2,1H3/b3-2+,10-5+/t21-/m1/s1. The van der Waals surface area contributed by atoms with E-state index in [0.29, 0.717) is 16.9 Å². The highest BCUT2D eigenvalue weighted by atomic mass is 19.1. The molecule has 0 aliphatic carbocycles. The molecule has 1 heterocycles. The summed E-state index contributed by atoms with van der Waals surface area (Å²) >= 11 is 0. The van der Waals surface area contributed by atoms with Crippen molar-refractivity contribution in [1.29, 1.82) is 0 Å². The van der Waals surface area contributed by atoms with Gasteiger partial charge in [0.15, 0.2) is 0 Å². The molecule has 0 bridgehead atoms. The van der Waals surface area contributed by atoms with Crippen molar-refractivity contribution >= 4 is 5.97 Å². The summed E-state index contributed by atoms with van der Waals surface area (Å²) in [6.07, 6.45) is 5.82. The zero-order valence-electron chi connectivity index (χ0n) is 14.4. The maximum absolute atomic E-state index is 13.9. The molecule has 0 aromatic heterocycles. The Kier molecular flexibility index (Phi) is 5.81. The molecule has 2 aromatic rings. The number of halogens is 1. The van der Waals surface area contributed by atoms with Crippen molar-refractivity contribution in [2.24, 2.45) is 0 Å². The van der Waals surface area contributed by atoms with Crippen LogP contribution in [0.1, 0.15) is 29.9 Å². The van der Waals surface area contributed by atoms with Gasteiger partial charge in [-0.3, -0.25) is 0 Å². The molecule has 0 amide bonds. The third kappa shape index (κ3) is 4.37. The molecule has 1 aliphatic heterocycles. The molecule has 1 atom stereocenters. The fourth-order valence-corrected chi connectivity index (χ4v) is 2.60. The Hall–Kier alpha value is -2.92. The molecule has 0 fully saturated rings. The number of allylic oxidation sites excluding steroid dienone is 3. The van der Waals surface area contributed by atoms with Gasteiger partial charge in [-0.1, -0.05) is 48.6 Å². The van der Waals surface area contributed by atoms with Gasteiger partial charge in [0, 0.05) is 22.8 Å². The van der Waals surface area contributed by atoms with Gasteiger partial charge < -0.3 is 14.2 Å². The van der Waals surface area contributed by atoms with Crippen LogP contribution in [0.15, 0.2) is 66.8 Å². The van der Waals surface area contributed by atoms with Gasteiger partial charge in [-0.2, -0.15) is 0 Å². The van der Waals surface area contributed by atoms with Crippen LogP contribution >= 0.6 is 0 Å². The molecule has 0 saturated heterocycles. The van der Waals surface area contributed by atoms with Crippen LogP contribution in [0.25, 0.3) is 0 Å². The van der Waals surface area contributed by atoms with E-state index in [1.54, 1.807) is 18.2 Å². The van der Waals surface area contributed by atoms with Gasteiger partial charge in [-0.25, -0.2) is 9.18 Å². The Balaban J connectivity index is 1.77. The number of carbonyl (C=O) groups excluding carboxylic acids is 1. The van der Waals surface area contributed by atoms with Crippen LogP contribution in [-0.4, -0.2) is 5.97 Å². The Morgan fingerprint density at radius 2 is 2.08 bits per heavy atom. The van der Waals surface area contributed by atoms with Gasteiger partial charge in [0.2, 0.25) is 6.29 Å². The zero-order chi connectivity index (χ0) is 18.4. The van der Waals surface area contributed by atoms with Crippen LogP contribution in [0.5, 0.6) is 5.75 Å². The average Bonchev–Trinajstić information content (AvgIpc) is 2.66. The molecule has 0 N–H and O–H groups in total. The lowest BCUT2D eigenvalue weighted by Gasteiger charge is -2.28. The second kappa shape index (κ2) is 8.45. The quantitative estimate of drug-likeness (QED) is 0.447. The summed E-state index contributed by atoms with van der Waals surface area (Å²) in [4.78, 5) is 11.7. The number of carbonyl (C=O) groups is 1. The summed E-state index contributed by atoms with van der Waals surface area (Å²) in [7, 11) is 0. The predicted octanol–water partition coefficient (Wildman–Crippen LogP) is 4.61. The van der Waals surface area contributed by atoms with Crippen LogP contribution in [0.3, 0.4) is 0 Å². The summed E-state index contributed by atoms with van der Waals surface area (Å²) in [5.41, 5.74) is 1.92. The topological polar surface area (TPSA) is 44.8 Å². The smallest absolute Gasteiger partial charge is 0.331 e. The van der Waals surface area contributed by atoms with Crippen LogP contribution in [0.2, 0.25) is 0 Å². The van der Waals surface area contributed by atoms with E-state index in [0.717, 1.165) is 5.56 Å². The van der Waals surface area contributed by atoms with E-state index in [1.165, 1.54) is 18.2 Å². The summed E-state index contributed by atoms with van der Waals surface area (Å²) in [5, 5.41) is 0. The van der Waals surface area contributed by atoms with Gasteiger partial charge in [0.1, 0.15) is 18.2 Å². The first kappa shape index (κ1) is 17.9. The lowest BCUT2D eigenvalue weighted by atomic mass is 10.1. The Labute approximate surface area is 151 Å². The molecule has 0 spiro atoms. The van der Waals surface area contributed by atoms with Gasteiger partial charge in [0.05, 0.1) is 6.61 Å². The normalized spacial score (nSPS) is 16.5. The highest BCUT2D eigenvalue weighted by Crippen LogP contribution is 2.36. The van der Waals surface area contributed by atoms with Crippen molar-refractivity contribution in [3.8, 4) is 5.75 Å². The Bertz CT molecular complexity index is 827. The fourth-order valence-electron chi connectivity index (χ4n) is 2.60. The molecule has 5 heteroatoms. The molecular formula is C21H19FO4. The average molecular weight is 354 g/mol. The monoisotopic (exact) mass is 354 g/mol. The van der Waals surface area contributed by atoms with Gasteiger partial charge in [-0.05, 0) is 19.1 Å². The van der Waals surface area contributed by atoms with E-state index < -0.39 is 18.1 Å². The van der Waals surface area contributed by atoms with Crippen molar-refractivity contribution in [3.63, 3.8) is 0 Å². The number of benzene rings is 2. The highest BCUT2D eigenvalue weighted by molar-refractivity contribution is 5.82. The minimum absolute atomic E-state index is 0.0827. The second-order valence-electron chi connectivity index (χ2n) is 5.72. The molecule has 134 valence electrons. The number of rotatable bonds is 5. The van der Waals surface area contributed by atoms with E-state index in [-0.39, 0.29) is 13.2 Å². The van der Waals surface area contributed by atoms with Crippen LogP contribution in [-0.2, 0) is 27.5 Å². The molecule has 0 unspecified atom stereocenters. The minimum atomic E-state index is -0.585. The number of hydrogen-bond acceptors (Lipinski definition) is 4. The van der Waals surface area contributed by atoms with E-state index >= 15 is 0 Å². The van der Waals surface area contributed by atoms with E-state index in [1.807, 2.05) is 37.3 Å². The maximum atomic E-state index is 13.9. The summed E-state index contributed by atoms with van der Waals surface area (Å²) < 4.78 is 30.7. The molecule has 1 aliphatic rings. The molecule has 0 saturated carbocycles. The van der Waals surface area contributed by atoms with Crippen molar-refractivity contribution in [1.82, 2.24) is 0 Å². The Morgan fingerprint density at radius 3 is 2.85 bits per heavy atom. The number of esters is 1. The SMILES string of the molecule is C/C=C/C=C/C(=O)OCc1cc(F)cc2c1O[C@H](c1ccccc1)OC2. The largest absolute Gasteiger partial charge is 0.460 e. The fraction of sp³-hybridized carbons (Fsp3) is 0.190. The molecular weight excluding hydrogens is 335 g/mol. The number of fused-ring (bicyclic) bond motifs is 1. The first-order chi connectivity index (χ1) is 12.7. The molecule has 0 radical (unpaired) electrons. The second-order valence-corrected chi connectivity index (χ2v) is 5.72.